The van der Waals surface area contributed by atoms with Crippen molar-refractivity contribution in [1.29, 1.82) is 0 Å². The highest BCUT2D eigenvalue weighted by Crippen LogP contribution is 2.22. The van der Waals surface area contributed by atoms with E-state index in [-0.39, 0.29) is 25.1 Å². The summed E-state index contributed by atoms with van der Waals surface area (Å²) in [5.74, 6) is 0.968. The van der Waals surface area contributed by atoms with Crippen molar-refractivity contribution in [2.24, 2.45) is 0 Å². The Balaban J connectivity index is 1.72. The van der Waals surface area contributed by atoms with Gasteiger partial charge < -0.3 is 20.6 Å². The van der Waals surface area contributed by atoms with Crippen molar-refractivity contribution in [3.8, 4) is 0 Å². The number of hydrogen-bond acceptors (Lipinski definition) is 7. The predicted molar refractivity (Wildman–Crippen MR) is 111 cm³/mol. The van der Waals surface area contributed by atoms with Crippen LogP contribution in [0.2, 0.25) is 0 Å². The minimum atomic E-state index is -0.280. The molecule has 1 atom stereocenters. The fourth-order valence-corrected chi connectivity index (χ4v) is 2.66. The number of aromatic nitrogens is 4. The number of aliphatic hydroxyl groups is 1. The van der Waals surface area contributed by atoms with Crippen LogP contribution in [0.5, 0.6) is 0 Å². The van der Waals surface area contributed by atoms with E-state index in [1.165, 1.54) is 4.90 Å². The summed E-state index contributed by atoms with van der Waals surface area (Å²) < 4.78 is 1.55. The molecule has 0 spiro atoms. The van der Waals surface area contributed by atoms with Gasteiger partial charge in [0.1, 0.15) is 12.4 Å². The maximum Gasteiger partial charge on any atom is 0.243 e. The van der Waals surface area contributed by atoms with E-state index in [2.05, 4.69) is 25.7 Å². The lowest BCUT2D eigenvalue weighted by atomic mass is 10.1. The van der Waals surface area contributed by atoms with Crippen LogP contribution in [-0.4, -0.2) is 56.4 Å². The van der Waals surface area contributed by atoms with Crippen molar-refractivity contribution in [1.82, 2.24) is 24.6 Å². The quantitative estimate of drug-likeness (QED) is 0.535. The van der Waals surface area contributed by atoms with Crippen LogP contribution >= 0.6 is 0 Å². The normalized spacial score (nSPS) is 11.7. The fourth-order valence-electron chi connectivity index (χ4n) is 2.66. The van der Waals surface area contributed by atoms with Crippen LogP contribution in [-0.2, 0) is 11.3 Å². The van der Waals surface area contributed by atoms with E-state index in [1.54, 1.807) is 37.4 Å². The Bertz CT molecular complexity index is 956. The maximum atomic E-state index is 11.8. The van der Waals surface area contributed by atoms with Crippen LogP contribution in [0.15, 0.2) is 48.9 Å². The van der Waals surface area contributed by atoms with E-state index in [9.17, 15) is 9.90 Å². The molecule has 0 radical (unpaired) electrons. The molecule has 152 valence electrons. The van der Waals surface area contributed by atoms with Crippen LogP contribution in [0, 0.1) is 6.92 Å². The van der Waals surface area contributed by atoms with E-state index in [0.717, 1.165) is 11.1 Å². The molecule has 2 aromatic heterocycles. The van der Waals surface area contributed by atoms with Gasteiger partial charge in [0.05, 0.1) is 24.5 Å². The average molecular weight is 395 g/mol. The van der Waals surface area contributed by atoms with Gasteiger partial charge in [0.2, 0.25) is 11.9 Å². The Labute approximate surface area is 169 Å². The molecule has 9 nitrogen and oxygen atoms in total. The number of aryl methyl sites for hydroxylation is 1. The molecule has 0 aliphatic heterocycles. The zero-order valence-corrected chi connectivity index (χ0v) is 16.7. The van der Waals surface area contributed by atoms with Gasteiger partial charge in [0.25, 0.3) is 0 Å². The monoisotopic (exact) mass is 395 g/mol. The second-order valence-corrected chi connectivity index (χ2v) is 6.86. The molecule has 0 aliphatic carbocycles. The van der Waals surface area contributed by atoms with E-state index in [0.29, 0.717) is 17.5 Å². The average Bonchev–Trinajstić information content (AvgIpc) is 3.15. The minimum Gasteiger partial charge on any atom is -0.394 e. The first-order chi connectivity index (χ1) is 14.0. The van der Waals surface area contributed by atoms with Gasteiger partial charge >= 0.3 is 0 Å². The number of rotatable bonds is 8. The van der Waals surface area contributed by atoms with E-state index >= 15 is 0 Å². The fraction of sp³-hybridized carbons (Fsp3) is 0.300. The van der Waals surface area contributed by atoms with E-state index in [1.807, 2.05) is 37.3 Å². The van der Waals surface area contributed by atoms with Gasteiger partial charge in [-0.2, -0.15) is 10.1 Å². The summed E-state index contributed by atoms with van der Waals surface area (Å²) in [5, 5.41) is 20.3. The van der Waals surface area contributed by atoms with Gasteiger partial charge in [-0.1, -0.05) is 30.3 Å². The Hall–Kier alpha value is -3.46. The van der Waals surface area contributed by atoms with Gasteiger partial charge in [-0.25, -0.2) is 4.98 Å². The lowest BCUT2D eigenvalue weighted by molar-refractivity contribution is -0.129. The second kappa shape index (κ2) is 9.16. The van der Waals surface area contributed by atoms with Crippen molar-refractivity contribution in [2.45, 2.75) is 19.5 Å². The first-order valence-electron chi connectivity index (χ1n) is 9.22. The van der Waals surface area contributed by atoms with Crippen molar-refractivity contribution >= 4 is 23.4 Å². The molecular formula is C20H25N7O2. The number of nitrogens with one attached hydrogen (secondary N) is 2. The summed E-state index contributed by atoms with van der Waals surface area (Å²) in [5.41, 5.74) is 2.50. The highest BCUT2D eigenvalue weighted by Gasteiger charge is 2.13. The molecule has 0 saturated heterocycles. The third-order valence-corrected chi connectivity index (χ3v) is 4.35. The molecule has 1 unspecified atom stereocenters. The molecule has 1 aromatic carbocycles. The molecule has 2 heterocycles. The topological polar surface area (TPSA) is 108 Å². The highest BCUT2D eigenvalue weighted by atomic mass is 16.3. The molecule has 3 N–H and O–H groups in total. The van der Waals surface area contributed by atoms with Crippen LogP contribution in [0.1, 0.15) is 17.2 Å². The number of benzene rings is 1. The molecule has 3 aromatic rings. The van der Waals surface area contributed by atoms with E-state index < -0.39 is 0 Å². The number of carbonyl (C=O) groups excluding carboxylic acids is 1. The number of aliphatic hydroxyl groups excluding tert-OH is 1. The highest BCUT2D eigenvalue weighted by molar-refractivity contribution is 5.75. The third kappa shape index (κ3) is 5.29. The molecule has 0 saturated carbocycles. The number of nitrogens with zero attached hydrogens (tertiary/aromatic N) is 5. The van der Waals surface area contributed by atoms with Gasteiger partial charge in [-0.15, -0.1) is 0 Å². The van der Waals surface area contributed by atoms with Crippen molar-refractivity contribution < 1.29 is 9.90 Å². The molecule has 3 rings (SSSR count). The molecule has 0 bridgehead atoms. The largest absolute Gasteiger partial charge is 0.394 e. The lowest BCUT2D eigenvalue weighted by Crippen LogP contribution is -2.26. The van der Waals surface area contributed by atoms with Crippen molar-refractivity contribution in [3.05, 3.63) is 60.0 Å². The van der Waals surface area contributed by atoms with Crippen LogP contribution in [0.4, 0.5) is 17.5 Å². The summed E-state index contributed by atoms with van der Waals surface area (Å²) in [7, 11) is 3.41. The molecule has 9 heteroatoms. The summed E-state index contributed by atoms with van der Waals surface area (Å²) >= 11 is 0. The lowest BCUT2D eigenvalue weighted by Gasteiger charge is -2.19. The molecule has 0 fully saturated rings. The van der Waals surface area contributed by atoms with Gasteiger partial charge in [0.15, 0.2) is 0 Å². The molecule has 1 amide bonds. The zero-order valence-electron chi connectivity index (χ0n) is 16.7. The Kier molecular flexibility index (Phi) is 6.40. The maximum absolute atomic E-state index is 11.8. The minimum absolute atomic E-state index is 0.0475. The first kappa shape index (κ1) is 20.3. The Morgan fingerprint density at radius 1 is 1.24 bits per heavy atom. The standard InChI is InChI=1S/C20H25N7O2/c1-14-9-21-20(23-16-10-22-27(11-16)12-18(29)26(2)3)25-19(14)24-17(13-28)15-7-5-4-6-8-15/h4-11,17,28H,12-13H2,1-3H3,(H2,21,23,24,25). The summed E-state index contributed by atoms with van der Waals surface area (Å²) in [6, 6.07) is 9.41. The van der Waals surface area contributed by atoms with Crippen molar-refractivity contribution in [3.63, 3.8) is 0 Å². The summed E-state index contributed by atoms with van der Waals surface area (Å²) in [4.78, 5) is 22.1. The SMILES string of the molecule is Cc1cnc(Nc2cnn(CC(=O)N(C)C)c2)nc1NC(CO)c1ccccc1. The molecule has 29 heavy (non-hydrogen) atoms. The van der Waals surface area contributed by atoms with Crippen molar-refractivity contribution in [2.75, 3.05) is 31.3 Å². The second-order valence-electron chi connectivity index (χ2n) is 6.86. The van der Waals surface area contributed by atoms with Crippen LogP contribution in [0.25, 0.3) is 0 Å². The van der Waals surface area contributed by atoms with Gasteiger partial charge in [-0.3, -0.25) is 9.48 Å². The zero-order chi connectivity index (χ0) is 20.8. The number of hydrogen-bond donors (Lipinski definition) is 3. The summed E-state index contributed by atoms with van der Waals surface area (Å²) in [6.07, 6.45) is 5.04. The Morgan fingerprint density at radius 3 is 2.69 bits per heavy atom. The smallest absolute Gasteiger partial charge is 0.243 e. The summed E-state index contributed by atoms with van der Waals surface area (Å²) in [6.45, 7) is 1.99. The number of amides is 1. The molecular weight excluding hydrogens is 370 g/mol. The van der Waals surface area contributed by atoms with Crippen LogP contribution < -0.4 is 10.6 Å². The third-order valence-electron chi connectivity index (χ3n) is 4.35. The predicted octanol–water partition coefficient (Wildman–Crippen LogP) is 1.96. The van der Waals surface area contributed by atoms with E-state index in [4.69, 9.17) is 0 Å². The molecule has 0 aliphatic rings. The Morgan fingerprint density at radius 2 is 2.00 bits per heavy atom. The number of carbonyl (C=O) groups is 1. The number of anilines is 3. The first-order valence-corrected chi connectivity index (χ1v) is 9.22. The van der Waals surface area contributed by atoms with Gasteiger partial charge in [0, 0.05) is 32.1 Å². The van der Waals surface area contributed by atoms with Crippen LogP contribution in [0.3, 0.4) is 0 Å². The van der Waals surface area contributed by atoms with Gasteiger partial charge in [-0.05, 0) is 12.5 Å². The number of likely N-dealkylation sites (N-methyl/N-ethyl adjacent to an activating group) is 1.